The van der Waals surface area contributed by atoms with E-state index in [0.717, 1.165) is 12.8 Å². The van der Waals surface area contributed by atoms with Crippen LogP contribution in [0, 0.1) is 17.0 Å². The molecule has 0 unspecified atom stereocenters. The van der Waals surface area contributed by atoms with Crippen molar-refractivity contribution in [1.29, 1.82) is 0 Å². The van der Waals surface area contributed by atoms with E-state index in [0.29, 0.717) is 12.2 Å². The van der Waals surface area contributed by atoms with Crippen molar-refractivity contribution in [3.63, 3.8) is 0 Å². The Labute approximate surface area is 110 Å². The molecular formula is C12H17N3O4. The molecule has 0 aliphatic rings. The van der Waals surface area contributed by atoms with E-state index in [1.165, 1.54) is 19.1 Å². The fourth-order valence-corrected chi connectivity index (χ4v) is 1.67. The molecule has 0 bridgehead atoms. The molecule has 19 heavy (non-hydrogen) atoms. The number of nitrogens with zero attached hydrogens (tertiary/aromatic N) is 2. The van der Waals surface area contributed by atoms with Crippen molar-refractivity contribution in [3.05, 3.63) is 27.9 Å². The normalized spacial score (nSPS) is 11.9. The first-order valence-electron chi connectivity index (χ1n) is 6.07. The number of aryl methyl sites for hydroxylation is 1. The highest BCUT2D eigenvalue weighted by molar-refractivity contribution is 5.76. The van der Waals surface area contributed by atoms with Gasteiger partial charge in [-0.25, -0.2) is 9.78 Å². The fraction of sp³-hybridized carbons (Fsp3) is 0.500. The summed E-state index contributed by atoms with van der Waals surface area (Å²) in [5.41, 5.74) is 0.181. The SMILES string of the molecule is CCCC[C@H](Nc1ccc([N+](=O)[O-])c(C)n1)C(=O)O. The molecule has 1 aromatic rings. The predicted octanol–water partition coefficient (Wildman–Crippen LogP) is 2.35. The number of nitro groups is 1. The number of carboxylic acids is 1. The molecule has 1 atom stereocenters. The summed E-state index contributed by atoms with van der Waals surface area (Å²) >= 11 is 0. The lowest BCUT2D eigenvalue weighted by Crippen LogP contribution is -2.29. The van der Waals surface area contributed by atoms with Gasteiger partial charge in [-0.3, -0.25) is 10.1 Å². The minimum absolute atomic E-state index is 0.0778. The first-order valence-corrected chi connectivity index (χ1v) is 6.07. The summed E-state index contributed by atoms with van der Waals surface area (Å²) in [6.45, 7) is 3.50. The van der Waals surface area contributed by atoms with Crippen LogP contribution in [-0.2, 0) is 4.79 Å². The molecule has 0 aliphatic carbocycles. The minimum Gasteiger partial charge on any atom is -0.480 e. The van der Waals surface area contributed by atoms with Gasteiger partial charge in [0.15, 0.2) is 0 Å². The highest BCUT2D eigenvalue weighted by Crippen LogP contribution is 2.19. The molecule has 1 aromatic heterocycles. The lowest BCUT2D eigenvalue weighted by atomic mass is 10.1. The van der Waals surface area contributed by atoms with Crippen molar-refractivity contribution >= 4 is 17.5 Å². The van der Waals surface area contributed by atoms with E-state index in [-0.39, 0.29) is 11.4 Å². The van der Waals surface area contributed by atoms with Crippen LogP contribution in [0.15, 0.2) is 12.1 Å². The number of pyridine rings is 1. The highest BCUT2D eigenvalue weighted by atomic mass is 16.6. The number of carboxylic acid groups (broad SMARTS) is 1. The van der Waals surface area contributed by atoms with Crippen LogP contribution in [-0.4, -0.2) is 27.0 Å². The zero-order chi connectivity index (χ0) is 14.4. The largest absolute Gasteiger partial charge is 0.480 e. The van der Waals surface area contributed by atoms with Crippen LogP contribution in [0.1, 0.15) is 31.9 Å². The maximum absolute atomic E-state index is 11.1. The van der Waals surface area contributed by atoms with Crippen LogP contribution in [0.3, 0.4) is 0 Å². The molecule has 0 radical (unpaired) electrons. The Kier molecular flexibility index (Phi) is 5.23. The van der Waals surface area contributed by atoms with Gasteiger partial charge in [-0.05, 0) is 19.4 Å². The van der Waals surface area contributed by atoms with Gasteiger partial charge in [0.2, 0.25) is 0 Å². The number of hydrogen-bond donors (Lipinski definition) is 2. The standard InChI is InChI=1S/C12H17N3O4/c1-3-4-5-9(12(16)17)14-11-7-6-10(15(18)19)8(2)13-11/h6-7,9H,3-5H2,1-2H3,(H,13,14)(H,16,17)/t9-/m0/s1. The first kappa shape index (κ1) is 14.9. The van der Waals surface area contributed by atoms with Gasteiger partial charge in [-0.1, -0.05) is 19.8 Å². The molecule has 0 fully saturated rings. The second-order valence-electron chi connectivity index (χ2n) is 4.24. The molecule has 104 valence electrons. The summed E-state index contributed by atoms with van der Waals surface area (Å²) in [5.74, 6) is -0.613. The summed E-state index contributed by atoms with van der Waals surface area (Å²) in [7, 11) is 0. The third-order valence-corrected chi connectivity index (χ3v) is 2.72. The number of unbranched alkanes of at least 4 members (excludes halogenated alkanes) is 1. The van der Waals surface area contributed by atoms with E-state index in [2.05, 4.69) is 10.3 Å². The molecule has 0 saturated carbocycles. The fourth-order valence-electron chi connectivity index (χ4n) is 1.67. The Hall–Kier alpha value is -2.18. The number of hydrogen-bond acceptors (Lipinski definition) is 5. The molecule has 7 heteroatoms. The molecule has 0 amide bonds. The van der Waals surface area contributed by atoms with Crippen molar-refractivity contribution < 1.29 is 14.8 Å². The summed E-state index contributed by atoms with van der Waals surface area (Å²) < 4.78 is 0. The number of anilines is 1. The number of carbonyl (C=O) groups is 1. The van der Waals surface area contributed by atoms with E-state index in [1.54, 1.807) is 0 Å². The number of rotatable bonds is 7. The molecule has 0 aromatic carbocycles. The number of aliphatic carboxylic acids is 1. The van der Waals surface area contributed by atoms with Crippen molar-refractivity contribution in [3.8, 4) is 0 Å². The smallest absolute Gasteiger partial charge is 0.326 e. The molecule has 0 aliphatic heterocycles. The molecule has 2 N–H and O–H groups in total. The second kappa shape index (κ2) is 6.67. The maximum atomic E-state index is 11.1. The van der Waals surface area contributed by atoms with E-state index in [9.17, 15) is 14.9 Å². The highest BCUT2D eigenvalue weighted by Gasteiger charge is 2.18. The lowest BCUT2D eigenvalue weighted by Gasteiger charge is -2.14. The van der Waals surface area contributed by atoms with Crippen LogP contribution in [0.25, 0.3) is 0 Å². The van der Waals surface area contributed by atoms with E-state index in [4.69, 9.17) is 5.11 Å². The zero-order valence-electron chi connectivity index (χ0n) is 10.9. The van der Waals surface area contributed by atoms with E-state index in [1.807, 2.05) is 6.92 Å². The molecule has 0 spiro atoms. The van der Waals surface area contributed by atoms with Crippen molar-refractivity contribution in [2.45, 2.75) is 39.2 Å². The van der Waals surface area contributed by atoms with Gasteiger partial charge in [0, 0.05) is 6.07 Å². The Morgan fingerprint density at radius 2 is 2.26 bits per heavy atom. The summed E-state index contributed by atoms with van der Waals surface area (Å²) in [6, 6.07) is 2.02. The van der Waals surface area contributed by atoms with E-state index < -0.39 is 16.9 Å². The van der Waals surface area contributed by atoms with Gasteiger partial charge in [-0.15, -0.1) is 0 Å². The Morgan fingerprint density at radius 3 is 2.74 bits per heavy atom. The lowest BCUT2D eigenvalue weighted by molar-refractivity contribution is -0.385. The average molecular weight is 267 g/mol. The van der Waals surface area contributed by atoms with Crippen LogP contribution in [0.4, 0.5) is 11.5 Å². The average Bonchev–Trinajstić information content (AvgIpc) is 2.33. The quantitative estimate of drug-likeness (QED) is 0.580. The second-order valence-corrected chi connectivity index (χ2v) is 4.24. The van der Waals surface area contributed by atoms with Crippen LogP contribution in [0.5, 0.6) is 0 Å². The number of aromatic nitrogens is 1. The van der Waals surface area contributed by atoms with Crippen LogP contribution < -0.4 is 5.32 Å². The van der Waals surface area contributed by atoms with Crippen LogP contribution >= 0.6 is 0 Å². The molecule has 7 nitrogen and oxygen atoms in total. The Bertz CT molecular complexity index is 476. The van der Waals surface area contributed by atoms with Gasteiger partial charge in [-0.2, -0.15) is 0 Å². The maximum Gasteiger partial charge on any atom is 0.326 e. The minimum atomic E-state index is -0.953. The van der Waals surface area contributed by atoms with Gasteiger partial charge >= 0.3 is 5.97 Å². The van der Waals surface area contributed by atoms with Gasteiger partial charge in [0.05, 0.1) is 4.92 Å². The van der Waals surface area contributed by atoms with Gasteiger partial charge in [0.25, 0.3) is 5.69 Å². The van der Waals surface area contributed by atoms with Crippen molar-refractivity contribution in [1.82, 2.24) is 4.98 Å². The molecule has 1 heterocycles. The van der Waals surface area contributed by atoms with Crippen molar-refractivity contribution in [2.24, 2.45) is 0 Å². The monoisotopic (exact) mass is 267 g/mol. The summed E-state index contributed by atoms with van der Waals surface area (Å²) in [6.07, 6.45) is 2.18. The van der Waals surface area contributed by atoms with E-state index >= 15 is 0 Å². The topological polar surface area (TPSA) is 105 Å². The molecule has 0 saturated heterocycles. The third kappa shape index (κ3) is 4.20. The Balaban J connectivity index is 2.82. The van der Waals surface area contributed by atoms with Crippen LogP contribution in [0.2, 0.25) is 0 Å². The third-order valence-electron chi connectivity index (χ3n) is 2.72. The van der Waals surface area contributed by atoms with Gasteiger partial charge < -0.3 is 10.4 Å². The predicted molar refractivity (Wildman–Crippen MR) is 70.2 cm³/mol. The molecule has 1 rings (SSSR count). The summed E-state index contributed by atoms with van der Waals surface area (Å²) in [5, 5.41) is 22.5. The summed E-state index contributed by atoms with van der Waals surface area (Å²) in [4.78, 5) is 25.2. The number of nitrogens with one attached hydrogen (secondary N) is 1. The van der Waals surface area contributed by atoms with Gasteiger partial charge in [0.1, 0.15) is 17.6 Å². The van der Waals surface area contributed by atoms with Crippen molar-refractivity contribution in [2.75, 3.05) is 5.32 Å². The Morgan fingerprint density at radius 1 is 1.58 bits per heavy atom. The first-order chi connectivity index (χ1) is 8.95. The zero-order valence-corrected chi connectivity index (χ0v) is 10.9. The molecular weight excluding hydrogens is 250 g/mol.